The van der Waals surface area contributed by atoms with Crippen molar-refractivity contribution in [2.24, 2.45) is 11.6 Å². The topological polar surface area (TPSA) is 193 Å². The summed E-state index contributed by atoms with van der Waals surface area (Å²) >= 11 is 0. The monoisotopic (exact) mass is 817 g/mol. The van der Waals surface area contributed by atoms with Crippen LogP contribution in [0.25, 0.3) is 44.7 Å². The number of carbonyl (C=O) groups excluding carboxylic acids is 1. The van der Waals surface area contributed by atoms with Crippen molar-refractivity contribution in [1.29, 1.82) is 0 Å². The molecule has 1 aliphatic heterocycles. The minimum Gasteiger partial charge on any atom is -0.453 e. The van der Waals surface area contributed by atoms with E-state index in [1.54, 1.807) is 16.0 Å². The highest BCUT2D eigenvalue weighted by atomic mass is 16.6. The molecule has 0 bridgehead atoms. The van der Waals surface area contributed by atoms with Gasteiger partial charge in [0.1, 0.15) is 17.1 Å². The summed E-state index contributed by atoms with van der Waals surface area (Å²) in [6.45, 7) is 4.99. The van der Waals surface area contributed by atoms with Crippen LogP contribution in [-0.2, 0) is 41.4 Å². The van der Waals surface area contributed by atoms with Gasteiger partial charge in [-0.1, -0.05) is 42.5 Å². The molecule has 4 aromatic carbocycles. The number of nitrogens with one attached hydrogen (secondary N) is 2. The lowest BCUT2D eigenvalue weighted by atomic mass is 9.96. The number of H-pyrrole nitrogens is 1. The maximum absolute atomic E-state index is 12.9. The number of ether oxygens (including phenoxy) is 5. The highest BCUT2D eigenvalue weighted by Gasteiger charge is 2.25. The van der Waals surface area contributed by atoms with Crippen molar-refractivity contribution in [3.63, 3.8) is 0 Å². The molecule has 0 atom stereocenters. The predicted octanol–water partition coefficient (Wildman–Crippen LogP) is 5.14. The summed E-state index contributed by atoms with van der Waals surface area (Å²) in [7, 11) is 1.85. The number of aromatic nitrogens is 2. The zero-order valence-corrected chi connectivity index (χ0v) is 33.7. The van der Waals surface area contributed by atoms with E-state index in [-0.39, 0.29) is 5.43 Å². The van der Waals surface area contributed by atoms with Crippen LogP contribution in [0.5, 0.6) is 0 Å². The Kier molecular flexibility index (Phi) is 14.6. The van der Waals surface area contributed by atoms with E-state index in [0.717, 1.165) is 51.4 Å². The van der Waals surface area contributed by atoms with Crippen LogP contribution >= 0.6 is 0 Å². The molecule has 7 rings (SSSR count). The smallest absolute Gasteiger partial charge is 0.214 e. The standard InChI is InChI=1S/C45H51N7O8/c1-48-33-12-10-31(11-13-33)40-28-39(54)36-14-15-37-43(45(36)60-40)50-41(49-37)16-18-55-20-22-57-24-26-59-27-25-58-23-21-56-19-17-52(47)44-35-8-4-5-9-38(35)51(30-53)29-32-6-2-3-7-34(32)42(44)46/h2-15,28,30,48H,16-27,29,46-47H2,1H3,(H,49,50)/b44-42-. The number of nitrogens with zero attached hydrogens (tertiary/aromatic N) is 3. The average Bonchev–Trinajstić information content (AvgIpc) is 3.70. The minimum atomic E-state index is -0.118. The summed E-state index contributed by atoms with van der Waals surface area (Å²) in [6, 6.07) is 28.2. The van der Waals surface area contributed by atoms with Crippen molar-refractivity contribution in [3.05, 3.63) is 124 Å². The van der Waals surface area contributed by atoms with E-state index in [2.05, 4.69) is 10.3 Å². The second-order valence-corrected chi connectivity index (χ2v) is 14.0. The largest absolute Gasteiger partial charge is 0.453 e. The quantitative estimate of drug-likeness (QED) is 0.0305. The summed E-state index contributed by atoms with van der Waals surface area (Å²) < 4.78 is 34.7. The summed E-state index contributed by atoms with van der Waals surface area (Å²) in [4.78, 5) is 34.7. The van der Waals surface area contributed by atoms with E-state index >= 15 is 0 Å². The molecule has 0 radical (unpaired) electrons. The van der Waals surface area contributed by atoms with E-state index < -0.39 is 0 Å². The van der Waals surface area contributed by atoms with Gasteiger partial charge in [0, 0.05) is 41.9 Å². The summed E-state index contributed by atoms with van der Waals surface area (Å²) in [6.07, 6.45) is 1.39. The van der Waals surface area contributed by atoms with Crippen LogP contribution in [-0.4, -0.2) is 101 Å². The Morgan fingerprint density at radius 1 is 0.817 bits per heavy atom. The Balaban J connectivity index is 0.741. The normalized spacial score (nSPS) is 13.9. The number of benzene rings is 4. The van der Waals surface area contributed by atoms with Crippen molar-refractivity contribution < 1.29 is 32.9 Å². The number of anilines is 2. The molecule has 3 heterocycles. The van der Waals surface area contributed by atoms with Crippen LogP contribution < -0.4 is 27.2 Å². The first-order valence-corrected chi connectivity index (χ1v) is 20.0. The predicted molar refractivity (Wildman–Crippen MR) is 232 cm³/mol. The van der Waals surface area contributed by atoms with Gasteiger partial charge < -0.3 is 54.0 Å². The third kappa shape index (κ3) is 10.2. The summed E-state index contributed by atoms with van der Waals surface area (Å²) in [5.41, 5.74) is 14.7. The zero-order chi connectivity index (χ0) is 41.7. The van der Waals surface area contributed by atoms with Gasteiger partial charge in [-0.25, -0.2) is 10.8 Å². The van der Waals surface area contributed by atoms with Crippen LogP contribution in [0.1, 0.15) is 22.5 Å². The minimum absolute atomic E-state index is 0.118. The molecule has 0 aliphatic carbocycles. The molecule has 1 amide bonds. The fourth-order valence-corrected chi connectivity index (χ4v) is 7.01. The molecule has 0 saturated heterocycles. The Labute approximate surface area is 347 Å². The van der Waals surface area contributed by atoms with E-state index in [1.165, 1.54) is 6.07 Å². The molecule has 15 nitrogen and oxygen atoms in total. The lowest BCUT2D eigenvalue weighted by Crippen LogP contribution is -2.36. The number of hydrazine groups is 1. The van der Waals surface area contributed by atoms with Crippen LogP contribution in [0.15, 0.2) is 100 Å². The molecule has 60 heavy (non-hydrogen) atoms. The van der Waals surface area contributed by atoms with E-state index in [4.69, 9.17) is 44.7 Å². The average molecular weight is 818 g/mol. The number of amides is 1. The van der Waals surface area contributed by atoms with Gasteiger partial charge in [-0.05, 0) is 48.0 Å². The number of fused-ring (bicyclic) bond motifs is 5. The maximum Gasteiger partial charge on any atom is 0.214 e. The molecule has 0 fully saturated rings. The van der Waals surface area contributed by atoms with Crippen LogP contribution in [0.4, 0.5) is 11.4 Å². The molecule has 6 aromatic rings. The second kappa shape index (κ2) is 20.8. The molecule has 15 heteroatoms. The number of rotatable bonds is 22. The Bertz CT molecular complexity index is 2450. The fourth-order valence-electron chi connectivity index (χ4n) is 7.01. The second-order valence-electron chi connectivity index (χ2n) is 14.0. The van der Waals surface area contributed by atoms with E-state index in [9.17, 15) is 9.59 Å². The first kappa shape index (κ1) is 42.1. The molecule has 2 aromatic heterocycles. The van der Waals surface area contributed by atoms with Crippen molar-refractivity contribution in [1.82, 2.24) is 15.0 Å². The highest BCUT2D eigenvalue weighted by molar-refractivity contribution is 6.01. The SMILES string of the molecule is CNc1ccc(-c2cc(=O)c3ccc4[nH]c(CCOCCOCCOCCOCCOCCN(N)/C5=C(\N)c6ccccc6CN(C=O)c6ccccc65)nc4c3o2)cc1. The van der Waals surface area contributed by atoms with Gasteiger partial charge in [0.05, 0.1) is 107 Å². The van der Waals surface area contributed by atoms with Crippen molar-refractivity contribution in [2.75, 3.05) is 89.9 Å². The maximum atomic E-state index is 12.9. The Hall–Kier alpha value is -6.07. The van der Waals surface area contributed by atoms with Crippen molar-refractivity contribution in [2.45, 2.75) is 13.0 Å². The number of carbonyl (C=O) groups is 1. The van der Waals surface area contributed by atoms with Gasteiger partial charge in [-0.15, -0.1) is 0 Å². The Morgan fingerprint density at radius 2 is 1.45 bits per heavy atom. The zero-order valence-electron chi connectivity index (χ0n) is 33.7. The molecule has 1 aliphatic rings. The molecule has 6 N–H and O–H groups in total. The number of para-hydroxylation sites is 1. The number of nitrogens with two attached hydrogens (primary N) is 2. The Morgan fingerprint density at radius 3 is 2.13 bits per heavy atom. The third-order valence-corrected chi connectivity index (χ3v) is 10.1. The molecular formula is C45H51N7O8. The third-order valence-electron chi connectivity index (χ3n) is 10.1. The molecule has 0 saturated carbocycles. The van der Waals surface area contributed by atoms with Crippen LogP contribution in [0.2, 0.25) is 0 Å². The lowest BCUT2D eigenvalue weighted by Gasteiger charge is -2.31. The number of imidazole rings is 1. The summed E-state index contributed by atoms with van der Waals surface area (Å²) in [5, 5.41) is 5.16. The van der Waals surface area contributed by atoms with Crippen molar-refractivity contribution in [3.8, 4) is 11.3 Å². The van der Waals surface area contributed by atoms with Gasteiger partial charge in [0.25, 0.3) is 0 Å². The summed E-state index contributed by atoms with van der Waals surface area (Å²) in [5.74, 6) is 7.81. The highest BCUT2D eigenvalue weighted by Crippen LogP contribution is 2.36. The molecule has 314 valence electrons. The van der Waals surface area contributed by atoms with Crippen LogP contribution in [0, 0.1) is 0 Å². The van der Waals surface area contributed by atoms with Crippen molar-refractivity contribution >= 4 is 51.2 Å². The van der Waals surface area contributed by atoms with E-state index in [1.807, 2.05) is 85.9 Å². The first-order chi connectivity index (χ1) is 29.4. The van der Waals surface area contributed by atoms with Gasteiger partial charge in [-0.3, -0.25) is 9.59 Å². The number of hydrogen-bond acceptors (Lipinski definition) is 13. The van der Waals surface area contributed by atoms with Gasteiger partial charge in [-0.2, -0.15) is 0 Å². The number of aromatic amines is 1. The number of hydrogen-bond donors (Lipinski definition) is 4. The lowest BCUT2D eigenvalue weighted by molar-refractivity contribution is -0.107. The van der Waals surface area contributed by atoms with E-state index in [0.29, 0.717) is 119 Å². The van der Waals surface area contributed by atoms with Gasteiger partial charge in [0.2, 0.25) is 6.41 Å². The molecule has 0 spiro atoms. The fraction of sp³-hybridized carbons (Fsp3) is 0.311. The molecular weight excluding hydrogens is 767 g/mol. The molecule has 0 unspecified atom stereocenters. The van der Waals surface area contributed by atoms with Crippen LogP contribution in [0.3, 0.4) is 0 Å². The first-order valence-electron chi connectivity index (χ1n) is 20.0. The van der Waals surface area contributed by atoms with Gasteiger partial charge >= 0.3 is 0 Å². The van der Waals surface area contributed by atoms with Gasteiger partial charge in [0.15, 0.2) is 11.0 Å².